The summed E-state index contributed by atoms with van der Waals surface area (Å²) in [5, 5.41) is 6.56. The van der Waals surface area contributed by atoms with E-state index in [1.165, 1.54) is 6.07 Å². The van der Waals surface area contributed by atoms with Gasteiger partial charge in [-0.2, -0.15) is 0 Å². The predicted molar refractivity (Wildman–Crippen MR) is 101 cm³/mol. The Morgan fingerprint density at radius 1 is 1.08 bits per heavy atom. The Hall–Kier alpha value is -2.34. The average Bonchev–Trinajstić information content (AvgIpc) is 2.61. The van der Waals surface area contributed by atoms with Crippen LogP contribution >= 0.6 is 12.2 Å². The van der Waals surface area contributed by atoms with Gasteiger partial charge >= 0.3 is 0 Å². The number of nitrogens with one attached hydrogen (secondary N) is 2. The highest BCUT2D eigenvalue weighted by Crippen LogP contribution is 2.34. The Balaban J connectivity index is 1.75. The molecule has 0 saturated carbocycles. The van der Waals surface area contributed by atoms with Crippen molar-refractivity contribution in [2.45, 2.75) is 19.9 Å². The Bertz CT molecular complexity index is 767. The number of fused-ring (bicyclic) bond motifs is 1. The number of anilines is 1. The summed E-state index contributed by atoms with van der Waals surface area (Å²) in [4.78, 5) is 0. The minimum absolute atomic E-state index is 0.0393. The van der Waals surface area contributed by atoms with E-state index in [4.69, 9.17) is 21.7 Å². The first kappa shape index (κ1) is 17.5. The molecular formula is C19H21FN2O2S. The molecule has 3 rings (SSSR count). The van der Waals surface area contributed by atoms with Gasteiger partial charge in [-0.25, -0.2) is 4.39 Å². The number of thiocarbonyl (C=S) groups is 1. The van der Waals surface area contributed by atoms with Gasteiger partial charge in [0.1, 0.15) is 19.0 Å². The lowest BCUT2D eigenvalue weighted by molar-refractivity contribution is 0.171. The van der Waals surface area contributed by atoms with Crippen molar-refractivity contribution < 1.29 is 13.9 Å². The lowest BCUT2D eigenvalue weighted by Gasteiger charge is -2.26. The second kappa shape index (κ2) is 7.70. The van der Waals surface area contributed by atoms with Gasteiger partial charge in [0.25, 0.3) is 0 Å². The topological polar surface area (TPSA) is 42.5 Å². The molecule has 0 unspecified atom stereocenters. The van der Waals surface area contributed by atoms with Gasteiger partial charge in [-0.05, 0) is 48.0 Å². The summed E-state index contributed by atoms with van der Waals surface area (Å²) in [6, 6.07) is 12.3. The molecule has 1 heterocycles. The van der Waals surface area contributed by atoms with Crippen molar-refractivity contribution in [2.75, 3.05) is 18.5 Å². The second-order valence-corrected chi connectivity index (χ2v) is 6.61. The van der Waals surface area contributed by atoms with Crippen molar-refractivity contribution in [3.05, 3.63) is 53.8 Å². The van der Waals surface area contributed by atoms with Crippen LogP contribution < -0.4 is 20.1 Å². The molecule has 2 N–H and O–H groups in total. The zero-order chi connectivity index (χ0) is 17.8. The molecule has 1 aliphatic rings. The van der Waals surface area contributed by atoms with Crippen molar-refractivity contribution in [3.8, 4) is 11.5 Å². The molecule has 1 atom stereocenters. The highest BCUT2D eigenvalue weighted by molar-refractivity contribution is 7.80. The van der Waals surface area contributed by atoms with E-state index in [0.29, 0.717) is 24.0 Å². The van der Waals surface area contributed by atoms with Gasteiger partial charge in [0, 0.05) is 0 Å². The molecule has 0 aliphatic carbocycles. The molecular weight excluding hydrogens is 339 g/mol. The Morgan fingerprint density at radius 3 is 2.52 bits per heavy atom. The van der Waals surface area contributed by atoms with Crippen LogP contribution in [0.1, 0.15) is 25.5 Å². The minimum Gasteiger partial charge on any atom is -0.486 e. The maximum atomic E-state index is 13.8. The summed E-state index contributed by atoms with van der Waals surface area (Å²) in [6.07, 6.45) is 0. The normalized spacial score (nSPS) is 14.1. The number of hydrogen-bond donors (Lipinski definition) is 2. The fourth-order valence-electron chi connectivity index (χ4n) is 2.75. The first-order valence-corrected chi connectivity index (χ1v) is 8.67. The van der Waals surface area contributed by atoms with Crippen LogP contribution in [0.25, 0.3) is 0 Å². The summed E-state index contributed by atoms with van der Waals surface area (Å²) >= 11 is 5.37. The molecule has 0 amide bonds. The third-order valence-electron chi connectivity index (χ3n) is 4.00. The van der Waals surface area contributed by atoms with Crippen LogP contribution in [0.15, 0.2) is 42.5 Å². The predicted octanol–water partition coefficient (Wildman–Crippen LogP) is 4.28. The molecule has 0 fully saturated rings. The Labute approximate surface area is 152 Å². The monoisotopic (exact) mass is 360 g/mol. The van der Waals surface area contributed by atoms with Crippen LogP contribution in [0.2, 0.25) is 0 Å². The SMILES string of the molecule is CC(C)[C@H](NC(=S)Nc1ccccc1F)c1ccc2c(c1)OCCO2. The Morgan fingerprint density at radius 2 is 1.80 bits per heavy atom. The maximum Gasteiger partial charge on any atom is 0.171 e. The highest BCUT2D eigenvalue weighted by atomic mass is 32.1. The van der Waals surface area contributed by atoms with Gasteiger partial charge in [0.05, 0.1) is 11.7 Å². The number of hydrogen-bond acceptors (Lipinski definition) is 3. The zero-order valence-corrected chi connectivity index (χ0v) is 15.0. The van der Waals surface area contributed by atoms with Crippen LogP contribution in [0.3, 0.4) is 0 Å². The fraction of sp³-hybridized carbons (Fsp3) is 0.316. The lowest BCUT2D eigenvalue weighted by Crippen LogP contribution is -2.35. The van der Waals surface area contributed by atoms with Gasteiger partial charge in [-0.15, -0.1) is 0 Å². The number of halogens is 1. The van der Waals surface area contributed by atoms with Crippen molar-refractivity contribution in [1.82, 2.24) is 5.32 Å². The third-order valence-corrected chi connectivity index (χ3v) is 4.22. The molecule has 2 aromatic rings. The van der Waals surface area contributed by atoms with Crippen LogP contribution in [0, 0.1) is 11.7 Å². The van der Waals surface area contributed by atoms with Gasteiger partial charge in [-0.1, -0.05) is 32.0 Å². The van der Waals surface area contributed by atoms with E-state index in [2.05, 4.69) is 24.5 Å². The number of benzene rings is 2. The van der Waals surface area contributed by atoms with Gasteiger partial charge in [0.2, 0.25) is 0 Å². The first-order valence-electron chi connectivity index (χ1n) is 8.26. The number of para-hydroxylation sites is 1. The minimum atomic E-state index is -0.341. The number of ether oxygens (including phenoxy) is 2. The van der Waals surface area contributed by atoms with E-state index < -0.39 is 0 Å². The number of rotatable bonds is 4. The van der Waals surface area contributed by atoms with E-state index in [1.54, 1.807) is 18.2 Å². The van der Waals surface area contributed by atoms with E-state index in [0.717, 1.165) is 17.1 Å². The molecule has 6 heteroatoms. The Kier molecular flexibility index (Phi) is 5.38. The van der Waals surface area contributed by atoms with Crippen molar-refractivity contribution in [3.63, 3.8) is 0 Å². The van der Waals surface area contributed by atoms with E-state index >= 15 is 0 Å². The summed E-state index contributed by atoms with van der Waals surface area (Å²) < 4.78 is 25.0. The maximum absolute atomic E-state index is 13.8. The third kappa shape index (κ3) is 4.20. The van der Waals surface area contributed by atoms with E-state index in [1.807, 2.05) is 18.2 Å². The molecule has 4 nitrogen and oxygen atoms in total. The molecule has 25 heavy (non-hydrogen) atoms. The van der Waals surface area contributed by atoms with E-state index in [9.17, 15) is 4.39 Å². The molecule has 0 spiro atoms. The summed E-state index contributed by atoms with van der Waals surface area (Å²) in [5.74, 6) is 1.42. The molecule has 0 bridgehead atoms. The summed E-state index contributed by atoms with van der Waals surface area (Å²) in [6.45, 7) is 5.30. The van der Waals surface area contributed by atoms with E-state index in [-0.39, 0.29) is 17.8 Å². The molecule has 0 saturated heterocycles. The first-order chi connectivity index (χ1) is 12.0. The van der Waals surface area contributed by atoms with Crippen LogP contribution in [0.5, 0.6) is 11.5 Å². The van der Waals surface area contributed by atoms with Crippen LogP contribution in [0.4, 0.5) is 10.1 Å². The van der Waals surface area contributed by atoms with Crippen molar-refractivity contribution >= 4 is 23.0 Å². The quantitative estimate of drug-likeness (QED) is 0.797. The standard InChI is InChI=1S/C19H21FN2O2S/c1-12(2)18(13-7-8-16-17(11-13)24-10-9-23-16)22-19(25)21-15-6-4-3-5-14(15)20/h3-8,11-12,18H,9-10H2,1-2H3,(H2,21,22,25)/t18-/m0/s1. The van der Waals surface area contributed by atoms with Gasteiger partial charge < -0.3 is 20.1 Å². The zero-order valence-electron chi connectivity index (χ0n) is 14.2. The molecule has 132 valence electrons. The molecule has 1 aliphatic heterocycles. The largest absolute Gasteiger partial charge is 0.486 e. The summed E-state index contributed by atoms with van der Waals surface area (Å²) in [5.41, 5.74) is 1.39. The second-order valence-electron chi connectivity index (χ2n) is 6.20. The smallest absolute Gasteiger partial charge is 0.171 e. The fourth-order valence-corrected chi connectivity index (χ4v) is 2.99. The van der Waals surface area contributed by atoms with Crippen LogP contribution in [-0.2, 0) is 0 Å². The summed E-state index contributed by atoms with van der Waals surface area (Å²) in [7, 11) is 0. The van der Waals surface area contributed by atoms with Gasteiger partial charge in [0.15, 0.2) is 16.6 Å². The highest BCUT2D eigenvalue weighted by Gasteiger charge is 2.20. The van der Waals surface area contributed by atoms with Crippen LogP contribution in [-0.4, -0.2) is 18.3 Å². The molecule has 0 aromatic heterocycles. The van der Waals surface area contributed by atoms with Crippen molar-refractivity contribution in [1.29, 1.82) is 0 Å². The van der Waals surface area contributed by atoms with Crippen molar-refractivity contribution in [2.24, 2.45) is 5.92 Å². The molecule has 2 aromatic carbocycles. The van der Waals surface area contributed by atoms with Gasteiger partial charge in [-0.3, -0.25) is 0 Å². The lowest BCUT2D eigenvalue weighted by atomic mass is 9.95. The average molecular weight is 360 g/mol. The molecule has 0 radical (unpaired) electrons.